The Morgan fingerprint density at radius 3 is 2.81 bits per heavy atom. The highest BCUT2D eigenvalue weighted by Crippen LogP contribution is 2.38. The standard InChI is InChI=1S/C25H28FN5O5/c1-3-29-12-14(2)31-20-18(22(32)21(31)25(29)35)24(34)30-13-15-7-8-16(26)11-17(15)36-10-6-4-5-9-27-23(33)19(20)28-30/h7-8,11,14,32H,3-6,9-10,12-13H2,1-2H3,(H,27,33)/t14-/m0/s1. The average molecular weight is 498 g/mol. The summed E-state index contributed by atoms with van der Waals surface area (Å²) >= 11 is 0. The molecule has 0 saturated heterocycles. The third-order valence-electron chi connectivity index (χ3n) is 6.80. The van der Waals surface area contributed by atoms with Crippen LogP contribution in [0.25, 0.3) is 10.9 Å². The number of nitrogens with zero attached hydrogens (tertiary/aromatic N) is 4. The number of hydrogen-bond acceptors (Lipinski definition) is 6. The van der Waals surface area contributed by atoms with E-state index in [0.717, 1.165) is 11.1 Å². The van der Waals surface area contributed by atoms with Crippen LogP contribution >= 0.6 is 0 Å². The van der Waals surface area contributed by atoms with Crippen LogP contribution in [-0.4, -0.2) is 62.4 Å². The SMILES string of the molecule is CCN1C[C@H](C)n2c(c(O)c3c(=O)n4nc(c32)C(=O)NCCCCCOc2cc(F)ccc2C4)C1=O. The molecule has 2 bridgehead atoms. The van der Waals surface area contributed by atoms with Gasteiger partial charge in [0.15, 0.2) is 17.1 Å². The van der Waals surface area contributed by atoms with Gasteiger partial charge in [0, 0.05) is 37.3 Å². The summed E-state index contributed by atoms with van der Waals surface area (Å²) in [4.78, 5) is 41.7. The Bertz CT molecular complexity index is 1430. The quantitative estimate of drug-likeness (QED) is 0.533. The fourth-order valence-electron chi connectivity index (χ4n) is 4.99. The fraction of sp³-hybridized carbons (Fsp3) is 0.440. The molecule has 0 saturated carbocycles. The lowest BCUT2D eigenvalue weighted by molar-refractivity contribution is 0.0685. The zero-order valence-electron chi connectivity index (χ0n) is 20.2. The molecule has 10 nitrogen and oxygen atoms in total. The Morgan fingerprint density at radius 1 is 1.22 bits per heavy atom. The summed E-state index contributed by atoms with van der Waals surface area (Å²) in [5.74, 6) is -1.57. The molecule has 1 atom stereocenters. The molecule has 1 aromatic carbocycles. The zero-order valence-corrected chi connectivity index (χ0v) is 20.2. The van der Waals surface area contributed by atoms with Gasteiger partial charge in [0.1, 0.15) is 17.0 Å². The lowest BCUT2D eigenvalue weighted by Gasteiger charge is -2.32. The molecule has 190 valence electrons. The summed E-state index contributed by atoms with van der Waals surface area (Å²) in [5, 5.41) is 18.3. The molecule has 2 amide bonds. The number of carbonyl (C=O) groups excluding carboxylic acids is 2. The molecule has 11 heteroatoms. The van der Waals surface area contributed by atoms with Gasteiger partial charge in [-0.25, -0.2) is 9.07 Å². The molecule has 0 spiro atoms. The van der Waals surface area contributed by atoms with Crippen LogP contribution in [0.2, 0.25) is 0 Å². The van der Waals surface area contributed by atoms with Crippen LogP contribution < -0.4 is 15.6 Å². The van der Waals surface area contributed by atoms with Crippen molar-refractivity contribution in [1.29, 1.82) is 0 Å². The van der Waals surface area contributed by atoms with E-state index in [1.54, 1.807) is 9.47 Å². The molecule has 0 fully saturated rings. The largest absolute Gasteiger partial charge is 0.505 e. The Labute approximate surface area is 206 Å². The normalized spacial score (nSPS) is 18.8. The second-order valence-electron chi connectivity index (χ2n) is 9.21. The van der Waals surface area contributed by atoms with Crippen molar-refractivity contribution in [3.63, 3.8) is 0 Å². The monoisotopic (exact) mass is 497 g/mol. The van der Waals surface area contributed by atoms with E-state index in [0.29, 0.717) is 44.6 Å². The van der Waals surface area contributed by atoms with Crippen molar-refractivity contribution in [1.82, 2.24) is 24.6 Å². The molecule has 2 aliphatic rings. The number of likely N-dealkylation sites (N-methyl/N-ethyl adjacent to an activating group) is 1. The van der Waals surface area contributed by atoms with Crippen LogP contribution in [0, 0.1) is 5.82 Å². The van der Waals surface area contributed by atoms with Crippen LogP contribution in [0.5, 0.6) is 11.5 Å². The molecule has 36 heavy (non-hydrogen) atoms. The van der Waals surface area contributed by atoms with Crippen molar-refractivity contribution in [3.8, 4) is 11.5 Å². The highest BCUT2D eigenvalue weighted by atomic mass is 19.1. The average Bonchev–Trinajstić information content (AvgIpc) is 3.17. The first kappa shape index (κ1) is 23.8. The lowest BCUT2D eigenvalue weighted by atomic mass is 10.1. The number of aromatic hydroxyl groups is 1. The van der Waals surface area contributed by atoms with E-state index < -0.39 is 28.9 Å². The minimum Gasteiger partial charge on any atom is -0.505 e. The number of carbonyl (C=O) groups is 2. The van der Waals surface area contributed by atoms with Gasteiger partial charge in [-0.05, 0) is 39.2 Å². The molecule has 4 heterocycles. The summed E-state index contributed by atoms with van der Waals surface area (Å²) in [5.41, 5.74) is -0.108. The van der Waals surface area contributed by atoms with E-state index >= 15 is 0 Å². The van der Waals surface area contributed by atoms with E-state index in [4.69, 9.17) is 4.74 Å². The Balaban J connectivity index is 1.78. The number of amides is 2. The van der Waals surface area contributed by atoms with Crippen LogP contribution in [0.15, 0.2) is 23.0 Å². The van der Waals surface area contributed by atoms with Crippen molar-refractivity contribution in [2.24, 2.45) is 0 Å². The van der Waals surface area contributed by atoms with E-state index in [9.17, 15) is 23.9 Å². The Hall–Kier alpha value is -3.89. The van der Waals surface area contributed by atoms with Crippen LogP contribution in [0.3, 0.4) is 0 Å². The first-order valence-electron chi connectivity index (χ1n) is 12.2. The topological polar surface area (TPSA) is 119 Å². The van der Waals surface area contributed by atoms with Gasteiger partial charge in [0.2, 0.25) is 0 Å². The molecule has 2 aromatic heterocycles. The van der Waals surface area contributed by atoms with Gasteiger partial charge in [0.05, 0.1) is 18.7 Å². The number of ether oxygens (including phenoxy) is 1. The number of hydrogen-bond donors (Lipinski definition) is 2. The summed E-state index contributed by atoms with van der Waals surface area (Å²) in [7, 11) is 0. The third kappa shape index (κ3) is 3.88. The number of halogens is 1. The minimum atomic E-state index is -0.661. The summed E-state index contributed by atoms with van der Waals surface area (Å²) in [6.07, 6.45) is 2.19. The van der Waals surface area contributed by atoms with E-state index in [1.165, 1.54) is 18.2 Å². The van der Waals surface area contributed by atoms with Gasteiger partial charge in [0.25, 0.3) is 17.4 Å². The number of fused-ring (bicyclic) bond motifs is 7. The fourth-order valence-corrected chi connectivity index (χ4v) is 4.99. The molecule has 0 aliphatic carbocycles. The van der Waals surface area contributed by atoms with Crippen LogP contribution in [0.4, 0.5) is 4.39 Å². The van der Waals surface area contributed by atoms with Crippen LogP contribution in [-0.2, 0) is 6.54 Å². The molecular weight excluding hydrogens is 469 g/mol. The predicted octanol–water partition coefficient (Wildman–Crippen LogP) is 2.42. The summed E-state index contributed by atoms with van der Waals surface area (Å²) < 4.78 is 22.4. The number of rotatable bonds is 1. The highest BCUT2D eigenvalue weighted by Gasteiger charge is 2.37. The van der Waals surface area contributed by atoms with Crippen molar-refractivity contribution in [2.75, 3.05) is 26.2 Å². The van der Waals surface area contributed by atoms with Crippen molar-refractivity contribution >= 4 is 22.7 Å². The van der Waals surface area contributed by atoms with Gasteiger partial charge in [-0.2, -0.15) is 5.10 Å². The van der Waals surface area contributed by atoms with E-state index in [-0.39, 0.29) is 40.6 Å². The van der Waals surface area contributed by atoms with Gasteiger partial charge in [-0.3, -0.25) is 14.4 Å². The molecule has 0 unspecified atom stereocenters. The maximum absolute atomic E-state index is 14.0. The third-order valence-corrected chi connectivity index (χ3v) is 6.80. The van der Waals surface area contributed by atoms with Crippen molar-refractivity contribution in [3.05, 3.63) is 51.3 Å². The van der Waals surface area contributed by atoms with Crippen LogP contribution in [0.1, 0.15) is 65.7 Å². The van der Waals surface area contributed by atoms with Gasteiger partial charge in [-0.15, -0.1) is 0 Å². The Morgan fingerprint density at radius 2 is 2.03 bits per heavy atom. The number of benzene rings is 1. The van der Waals surface area contributed by atoms with Gasteiger partial charge < -0.3 is 24.6 Å². The van der Waals surface area contributed by atoms with E-state index in [1.807, 2.05) is 13.8 Å². The highest BCUT2D eigenvalue weighted by molar-refractivity contribution is 6.10. The molecule has 2 aliphatic heterocycles. The molecule has 3 aromatic rings. The van der Waals surface area contributed by atoms with E-state index in [2.05, 4.69) is 10.4 Å². The first-order chi connectivity index (χ1) is 17.3. The second kappa shape index (κ2) is 9.29. The number of aromatic nitrogens is 3. The number of nitrogens with one attached hydrogen (secondary N) is 1. The maximum atomic E-state index is 14.0. The van der Waals surface area contributed by atoms with Gasteiger partial charge >= 0.3 is 0 Å². The van der Waals surface area contributed by atoms with Gasteiger partial charge in [-0.1, -0.05) is 6.07 Å². The predicted molar refractivity (Wildman–Crippen MR) is 129 cm³/mol. The molecule has 0 radical (unpaired) electrons. The maximum Gasteiger partial charge on any atom is 0.280 e. The second-order valence-corrected chi connectivity index (χ2v) is 9.21. The smallest absolute Gasteiger partial charge is 0.280 e. The molecule has 2 N–H and O–H groups in total. The molecular formula is C25H28FN5O5. The zero-order chi connectivity index (χ0) is 25.6. The lowest BCUT2D eigenvalue weighted by Crippen LogP contribution is -2.42. The summed E-state index contributed by atoms with van der Waals surface area (Å²) in [6, 6.07) is 3.72. The summed E-state index contributed by atoms with van der Waals surface area (Å²) in [6.45, 7) is 5.12. The minimum absolute atomic E-state index is 0.0278. The molecule has 5 rings (SSSR count). The Kier molecular flexibility index (Phi) is 6.15. The first-order valence-corrected chi connectivity index (χ1v) is 12.2. The van der Waals surface area contributed by atoms with Crippen molar-refractivity contribution in [2.45, 2.75) is 45.7 Å². The van der Waals surface area contributed by atoms with Crippen molar-refractivity contribution < 1.29 is 23.8 Å².